The van der Waals surface area contributed by atoms with Crippen LogP contribution in [0, 0.1) is 24.7 Å². The van der Waals surface area contributed by atoms with E-state index in [1.807, 2.05) is 23.7 Å². The molecule has 0 saturated carbocycles. The van der Waals surface area contributed by atoms with E-state index in [2.05, 4.69) is 49.3 Å². The SMILES string of the molecule is Cc1cc(N)cc(-c2nnnn2CC(C(C)C)C(C)C)c1. The van der Waals surface area contributed by atoms with Crippen LogP contribution in [0.4, 0.5) is 5.69 Å². The molecule has 1 aromatic carbocycles. The zero-order valence-electron chi connectivity index (χ0n) is 13.5. The Morgan fingerprint density at radius 2 is 1.76 bits per heavy atom. The molecular formula is C16H25N5. The number of aromatic nitrogens is 4. The van der Waals surface area contributed by atoms with Crippen molar-refractivity contribution in [3.63, 3.8) is 0 Å². The maximum atomic E-state index is 5.94. The lowest BCUT2D eigenvalue weighted by Gasteiger charge is -2.24. The van der Waals surface area contributed by atoms with Gasteiger partial charge in [-0.1, -0.05) is 27.7 Å². The average molecular weight is 287 g/mol. The number of aryl methyl sites for hydroxylation is 1. The van der Waals surface area contributed by atoms with E-state index < -0.39 is 0 Å². The zero-order valence-corrected chi connectivity index (χ0v) is 13.5. The minimum absolute atomic E-state index is 0.536. The molecule has 2 aromatic rings. The van der Waals surface area contributed by atoms with Gasteiger partial charge in [-0.3, -0.25) is 0 Å². The smallest absolute Gasteiger partial charge is 0.182 e. The quantitative estimate of drug-likeness (QED) is 0.858. The van der Waals surface area contributed by atoms with E-state index >= 15 is 0 Å². The maximum absolute atomic E-state index is 5.94. The Bertz CT molecular complexity index is 572. The molecule has 2 rings (SSSR count). The molecule has 2 N–H and O–H groups in total. The molecule has 0 fully saturated rings. The monoisotopic (exact) mass is 287 g/mol. The van der Waals surface area contributed by atoms with E-state index in [1.54, 1.807) is 0 Å². The molecule has 0 atom stereocenters. The second-order valence-corrected chi connectivity index (χ2v) is 6.47. The topological polar surface area (TPSA) is 69.6 Å². The lowest BCUT2D eigenvalue weighted by molar-refractivity contribution is 0.242. The minimum atomic E-state index is 0.536. The van der Waals surface area contributed by atoms with Crippen molar-refractivity contribution in [1.82, 2.24) is 20.2 Å². The first-order valence-electron chi connectivity index (χ1n) is 7.52. The van der Waals surface area contributed by atoms with Gasteiger partial charge < -0.3 is 5.73 Å². The predicted molar refractivity (Wildman–Crippen MR) is 85.6 cm³/mol. The van der Waals surface area contributed by atoms with Crippen LogP contribution in [0.25, 0.3) is 11.4 Å². The molecule has 5 heteroatoms. The van der Waals surface area contributed by atoms with Crippen molar-refractivity contribution in [2.45, 2.75) is 41.2 Å². The summed E-state index contributed by atoms with van der Waals surface area (Å²) >= 11 is 0. The fourth-order valence-electron chi connectivity index (χ4n) is 2.87. The summed E-state index contributed by atoms with van der Waals surface area (Å²) in [5, 5.41) is 12.2. The maximum Gasteiger partial charge on any atom is 0.182 e. The molecule has 0 saturated heterocycles. The van der Waals surface area contributed by atoms with Crippen LogP contribution >= 0.6 is 0 Å². The van der Waals surface area contributed by atoms with Crippen molar-refractivity contribution >= 4 is 5.69 Å². The third-order valence-electron chi connectivity index (χ3n) is 3.99. The number of nitrogens with two attached hydrogens (primary N) is 1. The molecule has 0 radical (unpaired) electrons. The highest BCUT2D eigenvalue weighted by Gasteiger charge is 2.21. The van der Waals surface area contributed by atoms with Crippen molar-refractivity contribution in [3.05, 3.63) is 23.8 Å². The number of nitrogen functional groups attached to an aromatic ring is 1. The summed E-state index contributed by atoms with van der Waals surface area (Å²) < 4.78 is 1.90. The molecule has 0 bridgehead atoms. The molecule has 21 heavy (non-hydrogen) atoms. The third kappa shape index (κ3) is 3.60. The second-order valence-electron chi connectivity index (χ2n) is 6.47. The number of hydrogen-bond acceptors (Lipinski definition) is 4. The number of rotatable bonds is 5. The number of anilines is 1. The van der Waals surface area contributed by atoms with Crippen LogP contribution in [-0.2, 0) is 6.54 Å². The molecule has 0 amide bonds. The lowest BCUT2D eigenvalue weighted by Crippen LogP contribution is -2.23. The highest BCUT2D eigenvalue weighted by Crippen LogP contribution is 2.26. The van der Waals surface area contributed by atoms with Gasteiger partial charge in [0.15, 0.2) is 5.82 Å². The average Bonchev–Trinajstić information content (AvgIpc) is 2.81. The molecule has 0 aliphatic heterocycles. The Morgan fingerprint density at radius 1 is 1.10 bits per heavy atom. The van der Waals surface area contributed by atoms with Crippen LogP contribution in [0.2, 0.25) is 0 Å². The Labute approximate surface area is 126 Å². The normalized spacial score (nSPS) is 11.8. The Morgan fingerprint density at radius 3 is 2.33 bits per heavy atom. The molecular weight excluding hydrogens is 262 g/mol. The van der Waals surface area contributed by atoms with Crippen molar-refractivity contribution in [1.29, 1.82) is 0 Å². The van der Waals surface area contributed by atoms with Crippen molar-refractivity contribution in [2.75, 3.05) is 5.73 Å². The summed E-state index contributed by atoms with van der Waals surface area (Å²) in [6, 6.07) is 5.94. The van der Waals surface area contributed by atoms with Gasteiger partial charge in [0.2, 0.25) is 0 Å². The molecule has 0 aliphatic rings. The highest BCUT2D eigenvalue weighted by atomic mass is 15.5. The molecule has 114 valence electrons. The van der Waals surface area contributed by atoms with E-state index in [1.165, 1.54) is 0 Å². The van der Waals surface area contributed by atoms with Gasteiger partial charge in [-0.25, -0.2) is 4.68 Å². The van der Waals surface area contributed by atoms with Gasteiger partial charge in [0.05, 0.1) is 0 Å². The summed E-state index contributed by atoms with van der Waals surface area (Å²) in [7, 11) is 0. The number of benzene rings is 1. The van der Waals surface area contributed by atoms with Crippen LogP contribution < -0.4 is 5.73 Å². The Balaban J connectivity index is 2.34. The van der Waals surface area contributed by atoms with Crippen molar-refractivity contribution in [3.8, 4) is 11.4 Å². The van der Waals surface area contributed by atoms with Crippen molar-refractivity contribution in [2.24, 2.45) is 17.8 Å². The van der Waals surface area contributed by atoms with Crippen LogP contribution in [0.1, 0.15) is 33.3 Å². The van der Waals surface area contributed by atoms with E-state index in [0.29, 0.717) is 17.8 Å². The summed E-state index contributed by atoms with van der Waals surface area (Å²) in [4.78, 5) is 0. The van der Waals surface area contributed by atoms with Gasteiger partial charge in [-0.15, -0.1) is 5.10 Å². The van der Waals surface area contributed by atoms with Crippen LogP contribution in [0.3, 0.4) is 0 Å². The van der Waals surface area contributed by atoms with E-state index in [0.717, 1.165) is 29.2 Å². The number of nitrogens with zero attached hydrogens (tertiary/aromatic N) is 4. The molecule has 0 unspecified atom stereocenters. The van der Waals surface area contributed by atoms with Gasteiger partial charge in [0, 0.05) is 17.8 Å². The van der Waals surface area contributed by atoms with Crippen LogP contribution in [0.5, 0.6) is 0 Å². The summed E-state index contributed by atoms with van der Waals surface area (Å²) in [6.07, 6.45) is 0. The fraction of sp³-hybridized carbons (Fsp3) is 0.562. The van der Waals surface area contributed by atoms with E-state index in [-0.39, 0.29) is 0 Å². The standard InChI is InChI=1S/C16H25N5/c1-10(2)15(11(3)4)9-21-16(18-19-20-21)13-6-12(5)7-14(17)8-13/h6-8,10-11,15H,9,17H2,1-5H3. The minimum Gasteiger partial charge on any atom is -0.399 e. The lowest BCUT2D eigenvalue weighted by atomic mass is 9.85. The van der Waals surface area contributed by atoms with E-state index in [4.69, 9.17) is 5.73 Å². The molecule has 5 nitrogen and oxygen atoms in total. The summed E-state index contributed by atoms with van der Waals surface area (Å²) in [5.41, 5.74) is 8.77. The largest absolute Gasteiger partial charge is 0.399 e. The number of tetrazole rings is 1. The highest BCUT2D eigenvalue weighted by molar-refractivity contribution is 5.62. The third-order valence-corrected chi connectivity index (χ3v) is 3.99. The van der Waals surface area contributed by atoms with Gasteiger partial charge >= 0.3 is 0 Å². The molecule has 1 heterocycles. The number of hydrogen-bond donors (Lipinski definition) is 1. The van der Waals surface area contributed by atoms with Gasteiger partial charge in [0.1, 0.15) is 0 Å². The van der Waals surface area contributed by atoms with Crippen molar-refractivity contribution < 1.29 is 0 Å². The van der Waals surface area contributed by atoms with Crippen LogP contribution in [0.15, 0.2) is 18.2 Å². The second kappa shape index (κ2) is 6.24. The Kier molecular flexibility index (Phi) is 4.60. The molecule has 0 aliphatic carbocycles. The van der Waals surface area contributed by atoms with Gasteiger partial charge in [-0.05, 0) is 58.9 Å². The predicted octanol–water partition coefficient (Wildman–Crippen LogP) is 3.16. The first-order valence-corrected chi connectivity index (χ1v) is 7.52. The van der Waals surface area contributed by atoms with E-state index in [9.17, 15) is 0 Å². The fourth-order valence-corrected chi connectivity index (χ4v) is 2.87. The first kappa shape index (κ1) is 15.5. The summed E-state index contributed by atoms with van der Waals surface area (Å²) in [5.74, 6) is 2.50. The van der Waals surface area contributed by atoms with Gasteiger partial charge in [-0.2, -0.15) is 0 Å². The van der Waals surface area contributed by atoms with Gasteiger partial charge in [0.25, 0.3) is 0 Å². The first-order chi connectivity index (χ1) is 9.88. The molecule has 1 aromatic heterocycles. The van der Waals surface area contributed by atoms with Crippen LogP contribution in [-0.4, -0.2) is 20.2 Å². The Hall–Kier alpha value is -1.91. The summed E-state index contributed by atoms with van der Waals surface area (Å²) in [6.45, 7) is 11.8. The zero-order chi connectivity index (χ0) is 15.6. The molecule has 0 spiro atoms.